The summed E-state index contributed by atoms with van der Waals surface area (Å²) in [5, 5.41) is 10.3. The number of hydrogen-bond acceptors (Lipinski definition) is 3. The normalized spacial score (nSPS) is 11.2. The number of allylic oxidation sites excluding steroid dienone is 2. The van der Waals surface area contributed by atoms with Crippen molar-refractivity contribution in [1.29, 1.82) is 5.41 Å². The highest BCUT2D eigenvalue weighted by Crippen LogP contribution is 2.14. The largest absolute Gasteiger partial charge is 0.497 e. The minimum absolute atomic E-state index is 0.0473. The van der Waals surface area contributed by atoms with Crippen molar-refractivity contribution in [2.75, 3.05) is 7.11 Å². The molecule has 0 aliphatic rings. The molecule has 5 heteroatoms. The number of aldehydes is 1. The van der Waals surface area contributed by atoms with Crippen molar-refractivity contribution in [2.45, 2.75) is 13.0 Å². The first-order valence-corrected chi connectivity index (χ1v) is 7.94. The van der Waals surface area contributed by atoms with E-state index in [1.807, 2.05) is 53.8 Å². The van der Waals surface area contributed by atoms with Gasteiger partial charge in [-0.25, -0.2) is 0 Å². The van der Waals surface area contributed by atoms with Crippen molar-refractivity contribution >= 4 is 23.6 Å². The first-order valence-electron chi connectivity index (χ1n) is 7.56. The Labute approximate surface area is 146 Å². The van der Waals surface area contributed by atoms with Crippen molar-refractivity contribution < 1.29 is 14.8 Å². The van der Waals surface area contributed by atoms with Gasteiger partial charge in [-0.2, -0.15) is 0 Å². The van der Waals surface area contributed by atoms with Crippen molar-refractivity contribution in [3.63, 3.8) is 0 Å². The number of ether oxygens (including phenoxy) is 1. The standard InChI is InChI=1S/C19H19ClN2O2/c1-24-18-8-6-14(7-9-18)10-17(11-16(21)13-23)22-12-15-4-2-3-5-19(15)20/h2-9,11,13,21-22H,10,12H2,1H3/p+1/b17-11-,21-16?. The van der Waals surface area contributed by atoms with Crippen molar-refractivity contribution in [2.24, 2.45) is 0 Å². The van der Waals surface area contributed by atoms with Gasteiger partial charge < -0.3 is 10.1 Å². The lowest BCUT2D eigenvalue weighted by atomic mass is 10.1. The summed E-state index contributed by atoms with van der Waals surface area (Å²) in [5.41, 5.74) is 2.94. The van der Waals surface area contributed by atoms with Gasteiger partial charge in [0.1, 0.15) is 18.0 Å². The molecule has 0 radical (unpaired) electrons. The van der Waals surface area contributed by atoms with Crippen LogP contribution in [0.5, 0.6) is 5.75 Å². The van der Waals surface area contributed by atoms with E-state index in [0.717, 1.165) is 22.6 Å². The number of benzene rings is 2. The van der Waals surface area contributed by atoms with Crippen molar-refractivity contribution in [1.82, 2.24) is 0 Å². The van der Waals surface area contributed by atoms with E-state index in [2.05, 4.69) is 0 Å². The molecule has 0 saturated carbocycles. The Morgan fingerprint density at radius 1 is 1.21 bits per heavy atom. The average Bonchev–Trinajstić information content (AvgIpc) is 2.61. The first-order chi connectivity index (χ1) is 11.6. The number of methoxy groups -OCH3 is 1. The Kier molecular flexibility index (Phi) is 6.73. The van der Waals surface area contributed by atoms with Gasteiger partial charge >= 0.3 is 0 Å². The lowest BCUT2D eigenvalue weighted by molar-refractivity contribution is -0.624. The third kappa shape index (κ3) is 5.33. The number of nitrogens with two attached hydrogens (primary N) is 1. The molecule has 0 heterocycles. The summed E-state index contributed by atoms with van der Waals surface area (Å²) in [6.07, 6.45) is 2.76. The van der Waals surface area contributed by atoms with E-state index in [1.165, 1.54) is 0 Å². The van der Waals surface area contributed by atoms with Gasteiger partial charge in [-0.3, -0.25) is 10.2 Å². The maximum Gasteiger partial charge on any atom is 0.167 e. The topological polar surface area (TPSA) is 66.8 Å². The molecule has 0 saturated heterocycles. The second kappa shape index (κ2) is 9.01. The predicted molar refractivity (Wildman–Crippen MR) is 95.7 cm³/mol. The molecule has 0 aliphatic carbocycles. The third-order valence-electron chi connectivity index (χ3n) is 3.58. The smallest absolute Gasteiger partial charge is 0.167 e. The van der Waals surface area contributed by atoms with E-state index >= 15 is 0 Å². The third-order valence-corrected chi connectivity index (χ3v) is 3.95. The molecule has 0 aliphatic heterocycles. The molecule has 0 amide bonds. The Hall–Kier alpha value is -2.43. The predicted octanol–water partition coefficient (Wildman–Crippen LogP) is 2.76. The quantitative estimate of drug-likeness (QED) is 0.571. The average molecular weight is 344 g/mol. The Bertz CT molecular complexity index is 739. The van der Waals surface area contributed by atoms with Crippen LogP contribution in [0.2, 0.25) is 5.02 Å². The summed E-state index contributed by atoms with van der Waals surface area (Å²) >= 11 is 6.18. The second-order valence-electron chi connectivity index (χ2n) is 5.32. The molecule has 0 fully saturated rings. The molecule has 2 aromatic carbocycles. The minimum atomic E-state index is -0.0473. The molecular weight excluding hydrogens is 324 g/mol. The molecule has 2 aromatic rings. The molecule has 3 N–H and O–H groups in total. The van der Waals surface area contributed by atoms with E-state index in [-0.39, 0.29) is 5.71 Å². The molecule has 0 aromatic heterocycles. The molecule has 24 heavy (non-hydrogen) atoms. The van der Waals surface area contributed by atoms with Gasteiger partial charge in [-0.15, -0.1) is 0 Å². The number of halogens is 1. The number of nitrogens with one attached hydrogen (secondary N) is 1. The van der Waals surface area contributed by atoms with Gasteiger partial charge in [-0.1, -0.05) is 41.9 Å². The number of rotatable bonds is 8. The van der Waals surface area contributed by atoms with Crippen LogP contribution in [0.1, 0.15) is 11.1 Å². The lowest BCUT2D eigenvalue weighted by Crippen LogP contribution is -2.81. The SMILES string of the molecule is COc1ccc(C/C(=C/C(=N)C=O)[NH2+]Cc2ccccc2Cl)cc1. The number of carbonyl (C=O) groups excluding carboxylic acids is 1. The fourth-order valence-corrected chi connectivity index (χ4v) is 2.51. The van der Waals surface area contributed by atoms with Crippen molar-refractivity contribution in [3.05, 3.63) is 76.5 Å². The highest BCUT2D eigenvalue weighted by molar-refractivity contribution is 6.32. The van der Waals surface area contributed by atoms with Gasteiger partial charge in [0, 0.05) is 23.1 Å². The van der Waals surface area contributed by atoms with Crippen LogP contribution < -0.4 is 10.1 Å². The monoisotopic (exact) mass is 343 g/mol. The summed E-state index contributed by atoms with van der Waals surface area (Å²) in [4.78, 5) is 10.8. The molecule has 0 spiro atoms. The molecule has 124 valence electrons. The van der Waals surface area contributed by atoms with Gasteiger partial charge in [0.25, 0.3) is 0 Å². The summed E-state index contributed by atoms with van der Waals surface area (Å²) in [6, 6.07) is 15.4. The second-order valence-corrected chi connectivity index (χ2v) is 5.72. The summed E-state index contributed by atoms with van der Waals surface area (Å²) in [7, 11) is 1.63. The zero-order chi connectivity index (χ0) is 17.4. The van der Waals surface area contributed by atoms with Crippen LogP contribution in [-0.4, -0.2) is 19.1 Å². The Morgan fingerprint density at radius 3 is 2.54 bits per heavy atom. The molecule has 4 nitrogen and oxygen atoms in total. The highest BCUT2D eigenvalue weighted by Gasteiger charge is 2.08. The maximum atomic E-state index is 10.8. The van der Waals surface area contributed by atoms with Crippen LogP contribution in [0.25, 0.3) is 0 Å². The first kappa shape index (κ1) is 17.9. The van der Waals surface area contributed by atoms with Gasteiger partial charge in [0.2, 0.25) is 0 Å². The molecule has 2 rings (SSSR count). The van der Waals surface area contributed by atoms with Crippen LogP contribution in [0.3, 0.4) is 0 Å². The number of carbonyl (C=O) groups is 1. The summed E-state index contributed by atoms with van der Waals surface area (Å²) in [6.45, 7) is 0.647. The van der Waals surface area contributed by atoms with Crippen LogP contribution in [0, 0.1) is 5.41 Å². The Balaban J connectivity index is 2.12. The number of hydrogen-bond donors (Lipinski definition) is 2. The zero-order valence-electron chi connectivity index (χ0n) is 13.5. The number of quaternary nitrogens is 1. The van der Waals surface area contributed by atoms with Crippen LogP contribution >= 0.6 is 11.6 Å². The van der Waals surface area contributed by atoms with E-state index in [1.54, 1.807) is 13.2 Å². The van der Waals surface area contributed by atoms with Gasteiger partial charge in [-0.05, 0) is 23.8 Å². The van der Waals surface area contributed by atoms with E-state index < -0.39 is 0 Å². The van der Waals surface area contributed by atoms with Gasteiger partial charge in [0.05, 0.1) is 12.8 Å². The van der Waals surface area contributed by atoms with E-state index in [4.69, 9.17) is 21.7 Å². The van der Waals surface area contributed by atoms with Crippen LogP contribution in [-0.2, 0) is 17.8 Å². The maximum absolute atomic E-state index is 10.8. The molecule has 0 unspecified atom stereocenters. The fourth-order valence-electron chi connectivity index (χ4n) is 2.30. The van der Waals surface area contributed by atoms with Gasteiger partial charge in [0.15, 0.2) is 6.29 Å². The minimum Gasteiger partial charge on any atom is -0.497 e. The van der Waals surface area contributed by atoms with Crippen molar-refractivity contribution in [3.8, 4) is 5.75 Å². The summed E-state index contributed by atoms with van der Waals surface area (Å²) in [5.74, 6) is 0.796. The molecular formula is C19H20ClN2O2+. The Morgan fingerprint density at radius 2 is 1.92 bits per heavy atom. The fraction of sp³-hybridized carbons (Fsp3) is 0.158. The van der Waals surface area contributed by atoms with Crippen LogP contribution in [0.4, 0.5) is 0 Å². The van der Waals surface area contributed by atoms with E-state index in [9.17, 15) is 4.79 Å². The summed E-state index contributed by atoms with van der Waals surface area (Å²) < 4.78 is 5.16. The molecule has 0 atom stereocenters. The van der Waals surface area contributed by atoms with Crippen LogP contribution in [0.15, 0.2) is 60.3 Å². The highest BCUT2D eigenvalue weighted by atomic mass is 35.5. The molecule has 0 bridgehead atoms. The lowest BCUT2D eigenvalue weighted by Gasteiger charge is -2.08. The van der Waals surface area contributed by atoms with E-state index in [0.29, 0.717) is 24.3 Å². The zero-order valence-corrected chi connectivity index (χ0v) is 14.2.